The number of likely N-dealkylation sites (N-methyl/N-ethyl adjacent to an activating group) is 1. The highest BCUT2D eigenvalue weighted by Gasteiger charge is 2.34. The van der Waals surface area contributed by atoms with Crippen LogP contribution in [-0.2, 0) is 17.5 Å². The van der Waals surface area contributed by atoms with Crippen LogP contribution >= 0.6 is 0 Å². The van der Waals surface area contributed by atoms with Crippen LogP contribution in [0.5, 0.6) is 0 Å². The Kier molecular flexibility index (Phi) is 5.63. The van der Waals surface area contributed by atoms with Crippen molar-refractivity contribution in [1.82, 2.24) is 15.5 Å². The zero-order valence-corrected chi connectivity index (χ0v) is 15.9. The molecule has 0 aliphatic carbocycles. The highest BCUT2D eigenvalue weighted by Crippen LogP contribution is 2.32. The van der Waals surface area contributed by atoms with Crippen molar-refractivity contribution in [3.63, 3.8) is 0 Å². The summed E-state index contributed by atoms with van der Waals surface area (Å²) in [6, 6.07) is 12.4. The van der Waals surface area contributed by atoms with E-state index in [-0.39, 0.29) is 11.5 Å². The Hall–Kier alpha value is -3.29. The Balaban J connectivity index is 1.90. The van der Waals surface area contributed by atoms with Gasteiger partial charge in [0.05, 0.1) is 17.2 Å². The minimum atomic E-state index is -4.46. The van der Waals surface area contributed by atoms with Gasteiger partial charge in [-0.05, 0) is 30.2 Å². The van der Waals surface area contributed by atoms with Gasteiger partial charge in [-0.1, -0.05) is 42.5 Å². The molecule has 0 radical (unpaired) electrons. The summed E-state index contributed by atoms with van der Waals surface area (Å²) >= 11 is 0. The number of carbonyl (C=O) groups is 2. The molecule has 1 atom stereocenters. The van der Waals surface area contributed by atoms with Crippen molar-refractivity contribution in [3.8, 4) is 0 Å². The Morgan fingerprint density at radius 3 is 2.28 bits per heavy atom. The normalized spacial score (nSPS) is 16.9. The van der Waals surface area contributed by atoms with Gasteiger partial charge in [-0.3, -0.25) is 4.79 Å². The molecule has 8 heteroatoms. The Morgan fingerprint density at radius 2 is 1.69 bits per heavy atom. The van der Waals surface area contributed by atoms with E-state index < -0.39 is 23.8 Å². The third-order valence-electron chi connectivity index (χ3n) is 4.68. The van der Waals surface area contributed by atoms with Crippen molar-refractivity contribution >= 4 is 11.9 Å². The van der Waals surface area contributed by atoms with Gasteiger partial charge in [0.2, 0.25) is 0 Å². The number of nitrogens with one attached hydrogen (secondary N) is 2. The van der Waals surface area contributed by atoms with E-state index >= 15 is 0 Å². The molecule has 3 rings (SSSR count). The summed E-state index contributed by atoms with van der Waals surface area (Å²) in [5.74, 6) is -0.330. The van der Waals surface area contributed by atoms with E-state index in [0.717, 1.165) is 17.7 Å². The fraction of sp³-hybridized carbons (Fsp3) is 0.238. The number of hydrogen-bond acceptors (Lipinski definition) is 2. The van der Waals surface area contributed by atoms with E-state index in [1.54, 1.807) is 14.0 Å². The molecule has 0 bridgehead atoms. The molecule has 1 unspecified atom stereocenters. The molecule has 5 nitrogen and oxygen atoms in total. The molecule has 2 aromatic carbocycles. The summed E-state index contributed by atoms with van der Waals surface area (Å²) in [6.45, 7) is 1.95. The number of halogens is 3. The summed E-state index contributed by atoms with van der Waals surface area (Å²) in [6.07, 6.45) is -4.46. The maximum absolute atomic E-state index is 13.1. The van der Waals surface area contributed by atoms with Crippen LogP contribution in [-0.4, -0.2) is 23.9 Å². The van der Waals surface area contributed by atoms with Crippen LogP contribution in [0.1, 0.15) is 29.7 Å². The summed E-state index contributed by atoms with van der Waals surface area (Å²) < 4.78 is 38.6. The summed E-state index contributed by atoms with van der Waals surface area (Å²) in [7, 11) is 1.63. The molecule has 29 heavy (non-hydrogen) atoms. The van der Waals surface area contributed by atoms with Gasteiger partial charge in [-0.2, -0.15) is 13.2 Å². The molecular weight excluding hydrogens is 383 g/mol. The van der Waals surface area contributed by atoms with Gasteiger partial charge in [-0.15, -0.1) is 0 Å². The molecule has 152 valence electrons. The van der Waals surface area contributed by atoms with Crippen LogP contribution in [0.3, 0.4) is 0 Å². The van der Waals surface area contributed by atoms with Crippen molar-refractivity contribution in [2.75, 3.05) is 7.05 Å². The van der Waals surface area contributed by atoms with Crippen LogP contribution in [0.25, 0.3) is 0 Å². The molecule has 0 fully saturated rings. The SMILES string of the molecule is CC1=C(C(=O)N(C)Cc2ccccc2)C(c2ccc(C(F)(F)F)cc2)NC(=O)N1. The monoisotopic (exact) mass is 403 g/mol. The van der Waals surface area contributed by atoms with E-state index in [4.69, 9.17) is 0 Å². The van der Waals surface area contributed by atoms with E-state index in [2.05, 4.69) is 10.6 Å². The lowest BCUT2D eigenvalue weighted by atomic mass is 9.93. The second kappa shape index (κ2) is 7.98. The average Bonchev–Trinajstić information content (AvgIpc) is 2.67. The number of urea groups is 1. The minimum absolute atomic E-state index is 0.280. The molecule has 0 saturated heterocycles. The molecular formula is C21H20F3N3O2. The quantitative estimate of drug-likeness (QED) is 0.811. The lowest BCUT2D eigenvalue weighted by Crippen LogP contribution is -2.47. The van der Waals surface area contributed by atoms with Gasteiger partial charge >= 0.3 is 12.2 Å². The number of benzene rings is 2. The predicted molar refractivity (Wildman–Crippen MR) is 101 cm³/mol. The lowest BCUT2D eigenvalue weighted by Gasteiger charge is -2.31. The van der Waals surface area contributed by atoms with Crippen molar-refractivity contribution in [2.24, 2.45) is 0 Å². The number of carbonyl (C=O) groups excluding carboxylic acids is 2. The van der Waals surface area contributed by atoms with Gasteiger partial charge < -0.3 is 15.5 Å². The van der Waals surface area contributed by atoms with E-state index in [0.29, 0.717) is 17.8 Å². The van der Waals surface area contributed by atoms with Crippen LogP contribution in [0.2, 0.25) is 0 Å². The topological polar surface area (TPSA) is 61.4 Å². The lowest BCUT2D eigenvalue weighted by molar-refractivity contribution is -0.137. The number of amides is 3. The highest BCUT2D eigenvalue weighted by atomic mass is 19.4. The molecule has 2 N–H and O–H groups in total. The predicted octanol–water partition coefficient (Wildman–Crippen LogP) is 3.99. The number of allylic oxidation sites excluding steroid dienone is 1. The van der Waals surface area contributed by atoms with Crippen molar-refractivity contribution in [3.05, 3.63) is 82.6 Å². The average molecular weight is 403 g/mol. The number of alkyl halides is 3. The molecule has 3 amide bonds. The first-order valence-corrected chi connectivity index (χ1v) is 8.91. The summed E-state index contributed by atoms with van der Waals surface area (Å²) in [5, 5.41) is 5.20. The smallest absolute Gasteiger partial charge is 0.338 e. The molecule has 1 aliphatic rings. The van der Waals surface area contributed by atoms with Gasteiger partial charge in [0.25, 0.3) is 5.91 Å². The molecule has 1 aliphatic heterocycles. The zero-order chi connectivity index (χ0) is 21.2. The van der Waals surface area contributed by atoms with Crippen LogP contribution in [0, 0.1) is 0 Å². The second-order valence-electron chi connectivity index (χ2n) is 6.84. The maximum atomic E-state index is 13.1. The number of rotatable bonds is 4. The molecule has 0 spiro atoms. The fourth-order valence-corrected chi connectivity index (χ4v) is 3.23. The van der Waals surface area contributed by atoms with Crippen LogP contribution < -0.4 is 10.6 Å². The van der Waals surface area contributed by atoms with Crippen molar-refractivity contribution < 1.29 is 22.8 Å². The van der Waals surface area contributed by atoms with Crippen molar-refractivity contribution in [2.45, 2.75) is 25.7 Å². The molecule has 0 saturated carbocycles. The maximum Gasteiger partial charge on any atom is 0.416 e. The molecule has 2 aromatic rings. The van der Waals surface area contributed by atoms with Crippen LogP contribution in [0.4, 0.5) is 18.0 Å². The first-order valence-electron chi connectivity index (χ1n) is 8.91. The Morgan fingerprint density at radius 1 is 1.07 bits per heavy atom. The van der Waals surface area contributed by atoms with Gasteiger partial charge in [0.15, 0.2) is 0 Å². The van der Waals surface area contributed by atoms with E-state index in [1.807, 2.05) is 30.3 Å². The Labute approximate surface area is 166 Å². The third kappa shape index (κ3) is 4.59. The van der Waals surface area contributed by atoms with E-state index in [1.165, 1.54) is 17.0 Å². The van der Waals surface area contributed by atoms with Crippen molar-refractivity contribution in [1.29, 1.82) is 0 Å². The Bertz CT molecular complexity index is 938. The van der Waals surface area contributed by atoms with Gasteiger partial charge in [0, 0.05) is 19.3 Å². The summed E-state index contributed by atoms with van der Waals surface area (Å²) in [4.78, 5) is 26.6. The van der Waals surface area contributed by atoms with Crippen LogP contribution in [0.15, 0.2) is 65.9 Å². The first kappa shape index (κ1) is 20.4. The number of hydrogen-bond donors (Lipinski definition) is 2. The zero-order valence-electron chi connectivity index (χ0n) is 15.9. The summed E-state index contributed by atoms with van der Waals surface area (Å²) in [5.41, 5.74) is 1.17. The molecule has 1 heterocycles. The van der Waals surface area contributed by atoms with Gasteiger partial charge in [-0.25, -0.2) is 4.79 Å². The second-order valence-corrected chi connectivity index (χ2v) is 6.84. The minimum Gasteiger partial charge on any atom is -0.338 e. The standard InChI is InChI=1S/C21H20F3N3O2/c1-13-17(19(28)27(2)12-14-6-4-3-5-7-14)18(26-20(29)25-13)15-8-10-16(11-9-15)21(22,23)24/h3-11,18H,12H2,1-2H3,(H2,25,26,29). The van der Waals surface area contributed by atoms with Gasteiger partial charge in [0.1, 0.15) is 0 Å². The fourth-order valence-electron chi connectivity index (χ4n) is 3.23. The molecule has 0 aromatic heterocycles. The largest absolute Gasteiger partial charge is 0.416 e. The number of nitrogens with zero attached hydrogens (tertiary/aromatic N) is 1. The van der Waals surface area contributed by atoms with E-state index in [9.17, 15) is 22.8 Å². The third-order valence-corrected chi connectivity index (χ3v) is 4.68. The highest BCUT2D eigenvalue weighted by molar-refractivity contribution is 5.98. The first-order chi connectivity index (χ1) is 13.7.